The van der Waals surface area contributed by atoms with Crippen molar-refractivity contribution in [2.75, 3.05) is 24.1 Å². The normalized spacial score (nSPS) is 19.1. The number of hydrogen-bond acceptors (Lipinski definition) is 9. The van der Waals surface area contributed by atoms with Gasteiger partial charge in [-0.05, 0) is 87.5 Å². The number of pyridine rings is 1. The van der Waals surface area contributed by atoms with Crippen molar-refractivity contribution in [3.05, 3.63) is 40.8 Å². The molecule has 4 aromatic rings. The molecule has 1 aliphatic carbocycles. The zero-order valence-electron chi connectivity index (χ0n) is 19.4. The number of rotatable bonds is 4. The Balaban J connectivity index is 1.23. The SMILES string of the molecule is Cc1csc2c(-n3nc(Nc4cnc5c(c4)CCC(N4CCCC4)CCC5)nc3N)ncnc12. The Bertz CT molecular complexity index is 1320. The zero-order chi connectivity index (χ0) is 23.1. The maximum Gasteiger partial charge on any atom is 0.248 e. The van der Waals surface area contributed by atoms with Crippen molar-refractivity contribution < 1.29 is 0 Å². The molecule has 1 atom stereocenters. The number of thiophene rings is 1. The zero-order valence-corrected chi connectivity index (χ0v) is 20.2. The van der Waals surface area contributed by atoms with Gasteiger partial charge in [0, 0.05) is 11.7 Å². The van der Waals surface area contributed by atoms with E-state index in [0.29, 0.717) is 17.8 Å². The summed E-state index contributed by atoms with van der Waals surface area (Å²) < 4.78 is 2.52. The van der Waals surface area contributed by atoms with Crippen LogP contribution in [0.5, 0.6) is 0 Å². The van der Waals surface area contributed by atoms with E-state index in [9.17, 15) is 0 Å². The van der Waals surface area contributed by atoms with Gasteiger partial charge >= 0.3 is 0 Å². The van der Waals surface area contributed by atoms with Gasteiger partial charge in [-0.15, -0.1) is 16.4 Å². The van der Waals surface area contributed by atoms with E-state index in [2.05, 4.69) is 41.7 Å². The Hall–Kier alpha value is -3.11. The van der Waals surface area contributed by atoms with Crippen LogP contribution in [0.3, 0.4) is 0 Å². The molecule has 0 amide bonds. The largest absolute Gasteiger partial charge is 0.368 e. The molecule has 1 aliphatic heterocycles. The summed E-state index contributed by atoms with van der Waals surface area (Å²) in [7, 11) is 0. The molecule has 176 valence electrons. The van der Waals surface area contributed by atoms with Gasteiger partial charge < -0.3 is 16.0 Å². The first kappa shape index (κ1) is 21.4. The maximum absolute atomic E-state index is 6.22. The van der Waals surface area contributed by atoms with Gasteiger partial charge in [-0.25, -0.2) is 9.97 Å². The number of aromatic nitrogens is 6. The summed E-state index contributed by atoms with van der Waals surface area (Å²) in [6, 6.07) is 2.91. The predicted molar refractivity (Wildman–Crippen MR) is 135 cm³/mol. The Labute approximate surface area is 202 Å². The topological polar surface area (TPSA) is 111 Å². The number of anilines is 3. The second-order valence-electron chi connectivity index (χ2n) is 9.28. The Morgan fingerprint density at radius 1 is 1.09 bits per heavy atom. The van der Waals surface area contributed by atoms with E-state index in [1.54, 1.807) is 22.3 Å². The van der Waals surface area contributed by atoms with E-state index >= 15 is 0 Å². The highest BCUT2D eigenvalue weighted by Crippen LogP contribution is 2.30. The standard InChI is InChI=1S/C24H29N9S/c1-15-13-34-21-20(15)27-14-28-22(21)33-23(25)30-24(31-33)29-17-11-16-7-8-18(32-9-2-3-10-32)5-4-6-19(16)26-12-17/h11-14,18H,2-10H2,1H3,(H3,25,29,30,31). The van der Waals surface area contributed by atoms with Crippen LogP contribution in [0, 0.1) is 6.92 Å². The molecule has 0 aromatic carbocycles. The molecule has 0 spiro atoms. The third-order valence-electron chi connectivity index (χ3n) is 7.02. The van der Waals surface area contributed by atoms with Crippen molar-refractivity contribution in [3.63, 3.8) is 0 Å². The van der Waals surface area contributed by atoms with Crippen LogP contribution in [0.2, 0.25) is 0 Å². The number of hydrogen-bond donors (Lipinski definition) is 2. The first-order valence-corrected chi connectivity index (χ1v) is 12.9. The van der Waals surface area contributed by atoms with Crippen LogP contribution < -0.4 is 11.1 Å². The predicted octanol–water partition coefficient (Wildman–Crippen LogP) is 4.03. The number of fused-ring (bicyclic) bond motifs is 2. The maximum atomic E-state index is 6.22. The Kier molecular flexibility index (Phi) is 5.62. The van der Waals surface area contributed by atoms with Crippen molar-refractivity contribution in [1.82, 2.24) is 34.6 Å². The van der Waals surface area contributed by atoms with Gasteiger partial charge in [0.2, 0.25) is 11.9 Å². The van der Waals surface area contributed by atoms with E-state index in [4.69, 9.17) is 10.7 Å². The number of nitrogen functional groups attached to an aromatic ring is 1. The summed E-state index contributed by atoms with van der Waals surface area (Å²) in [5.41, 5.74) is 11.7. The highest BCUT2D eigenvalue weighted by atomic mass is 32.1. The second kappa shape index (κ2) is 8.92. The first-order chi connectivity index (χ1) is 16.7. The van der Waals surface area contributed by atoms with Crippen molar-refractivity contribution >= 4 is 39.1 Å². The van der Waals surface area contributed by atoms with Crippen molar-refractivity contribution in [3.8, 4) is 5.82 Å². The minimum absolute atomic E-state index is 0.279. The fourth-order valence-electron chi connectivity index (χ4n) is 5.26. The Morgan fingerprint density at radius 3 is 2.85 bits per heavy atom. The van der Waals surface area contributed by atoms with Gasteiger partial charge in [-0.1, -0.05) is 0 Å². The smallest absolute Gasteiger partial charge is 0.248 e. The second-order valence-corrected chi connectivity index (χ2v) is 10.2. The number of nitrogens with two attached hydrogens (primary N) is 1. The summed E-state index contributed by atoms with van der Waals surface area (Å²) in [5.74, 6) is 1.35. The van der Waals surface area contributed by atoms with Gasteiger partial charge in [0.1, 0.15) is 6.33 Å². The summed E-state index contributed by atoms with van der Waals surface area (Å²) >= 11 is 1.58. The van der Waals surface area contributed by atoms with Crippen LogP contribution in [0.4, 0.5) is 17.6 Å². The summed E-state index contributed by atoms with van der Waals surface area (Å²) in [6.07, 6.45) is 11.9. The summed E-state index contributed by atoms with van der Waals surface area (Å²) in [4.78, 5) is 20.7. The van der Waals surface area contributed by atoms with Gasteiger partial charge in [0.15, 0.2) is 5.82 Å². The molecule has 6 rings (SSSR count). The van der Waals surface area contributed by atoms with Crippen LogP contribution >= 0.6 is 11.3 Å². The number of likely N-dealkylation sites (tertiary alicyclic amines) is 1. The highest BCUT2D eigenvalue weighted by molar-refractivity contribution is 7.17. The average Bonchev–Trinajstić information content (AvgIpc) is 3.56. The first-order valence-electron chi connectivity index (χ1n) is 12.1. The monoisotopic (exact) mass is 475 g/mol. The Morgan fingerprint density at radius 2 is 1.97 bits per heavy atom. The molecular weight excluding hydrogens is 446 g/mol. The number of nitrogens with one attached hydrogen (secondary N) is 1. The molecule has 0 radical (unpaired) electrons. The van der Waals surface area contributed by atoms with E-state index in [0.717, 1.165) is 34.3 Å². The third-order valence-corrected chi connectivity index (χ3v) is 8.10. The average molecular weight is 476 g/mol. The van der Waals surface area contributed by atoms with E-state index in [1.807, 2.05) is 13.1 Å². The molecule has 4 aromatic heterocycles. The van der Waals surface area contributed by atoms with Gasteiger partial charge in [-0.2, -0.15) is 9.67 Å². The highest BCUT2D eigenvalue weighted by Gasteiger charge is 2.24. The third kappa shape index (κ3) is 4.01. The lowest BCUT2D eigenvalue weighted by Gasteiger charge is -2.29. The van der Waals surface area contributed by atoms with Crippen molar-refractivity contribution in [2.45, 2.75) is 57.9 Å². The van der Waals surface area contributed by atoms with Crippen molar-refractivity contribution in [1.29, 1.82) is 0 Å². The van der Waals surface area contributed by atoms with Gasteiger partial charge in [0.25, 0.3) is 0 Å². The van der Waals surface area contributed by atoms with Gasteiger partial charge in [0.05, 0.1) is 22.1 Å². The number of aryl methyl sites for hydroxylation is 3. The molecule has 1 unspecified atom stereocenters. The molecule has 2 aliphatic rings. The van der Waals surface area contributed by atoms with Crippen LogP contribution in [0.25, 0.3) is 16.0 Å². The van der Waals surface area contributed by atoms with E-state index in [1.165, 1.54) is 56.5 Å². The number of nitrogens with zero attached hydrogens (tertiary/aromatic N) is 7. The molecule has 1 fully saturated rings. The lowest BCUT2D eigenvalue weighted by atomic mass is 9.93. The minimum atomic E-state index is 0.279. The molecule has 1 saturated heterocycles. The fourth-order valence-corrected chi connectivity index (χ4v) is 6.24. The molecular formula is C24H29N9S. The van der Waals surface area contributed by atoms with Gasteiger partial charge in [-0.3, -0.25) is 4.98 Å². The lowest BCUT2D eigenvalue weighted by Crippen LogP contribution is -2.34. The van der Waals surface area contributed by atoms with Crippen LogP contribution in [-0.4, -0.2) is 53.7 Å². The lowest BCUT2D eigenvalue weighted by molar-refractivity contribution is 0.213. The van der Waals surface area contributed by atoms with E-state index < -0.39 is 0 Å². The van der Waals surface area contributed by atoms with Crippen LogP contribution in [-0.2, 0) is 12.8 Å². The van der Waals surface area contributed by atoms with Crippen LogP contribution in [0.15, 0.2) is 24.0 Å². The molecule has 9 nitrogen and oxygen atoms in total. The molecule has 10 heteroatoms. The quantitative estimate of drug-likeness (QED) is 0.455. The summed E-state index contributed by atoms with van der Waals surface area (Å²) in [5, 5.41) is 9.96. The molecule has 0 saturated carbocycles. The fraction of sp³-hybridized carbons (Fsp3) is 0.458. The summed E-state index contributed by atoms with van der Waals surface area (Å²) in [6.45, 7) is 4.56. The minimum Gasteiger partial charge on any atom is -0.368 e. The molecule has 0 bridgehead atoms. The van der Waals surface area contributed by atoms with E-state index in [-0.39, 0.29) is 5.95 Å². The molecule has 5 heterocycles. The van der Waals surface area contributed by atoms with Crippen LogP contribution in [0.1, 0.15) is 48.9 Å². The molecule has 34 heavy (non-hydrogen) atoms. The molecule has 3 N–H and O–H groups in total. The van der Waals surface area contributed by atoms with Crippen molar-refractivity contribution in [2.24, 2.45) is 0 Å².